The van der Waals surface area contributed by atoms with Crippen molar-refractivity contribution < 1.29 is 4.79 Å². The summed E-state index contributed by atoms with van der Waals surface area (Å²) in [4.78, 5) is 16.8. The molecule has 5 nitrogen and oxygen atoms in total. The molecule has 2 heterocycles. The van der Waals surface area contributed by atoms with Crippen LogP contribution < -0.4 is 15.5 Å². The summed E-state index contributed by atoms with van der Waals surface area (Å²) in [6, 6.07) is 10.6. The Morgan fingerprint density at radius 1 is 1.09 bits per heavy atom. The zero-order valence-corrected chi connectivity index (χ0v) is 13.8. The van der Waals surface area contributed by atoms with Crippen LogP contribution in [0.2, 0.25) is 0 Å². The molecule has 2 N–H and O–H groups in total. The molecule has 2 saturated heterocycles. The van der Waals surface area contributed by atoms with Crippen LogP contribution in [-0.4, -0.2) is 56.2 Å². The van der Waals surface area contributed by atoms with Gasteiger partial charge in [-0.25, -0.2) is 4.79 Å². The standard InChI is InChI=1S/C18H28N4O/c23-18(19-10-14-21-11-5-2-6-12-21)20-16-9-13-22(15-16)17-7-3-1-4-8-17/h1,3-4,7-8,16H,2,5-6,9-15H2,(H2,19,20,23). The Balaban J connectivity index is 1.34. The smallest absolute Gasteiger partial charge is 0.315 e. The molecule has 23 heavy (non-hydrogen) atoms. The highest BCUT2D eigenvalue weighted by molar-refractivity contribution is 5.74. The molecule has 2 aliphatic heterocycles. The van der Waals surface area contributed by atoms with Gasteiger partial charge >= 0.3 is 6.03 Å². The van der Waals surface area contributed by atoms with Crippen molar-refractivity contribution in [3.63, 3.8) is 0 Å². The summed E-state index contributed by atoms with van der Waals surface area (Å²) in [6.07, 6.45) is 4.95. The van der Waals surface area contributed by atoms with Crippen LogP contribution >= 0.6 is 0 Å². The largest absolute Gasteiger partial charge is 0.369 e. The first-order chi connectivity index (χ1) is 11.3. The molecule has 126 valence electrons. The van der Waals surface area contributed by atoms with E-state index in [2.05, 4.69) is 44.7 Å². The Morgan fingerprint density at radius 3 is 2.65 bits per heavy atom. The maximum Gasteiger partial charge on any atom is 0.315 e. The van der Waals surface area contributed by atoms with E-state index in [-0.39, 0.29) is 12.1 Å². The van der Waals surface area contributed by atoms with Gasteiger partial charge in [-0.2, -0.15) is 0 Å². The van der Waals surface area contributed by atoms with E-state index < -0.39 is 0 Å². The lowest BCUT2D eigenvalue weighted by molar-refractivity contribution is 0.219. The first-order valence-corrected chi connectivity index (χ1v) is 8.88. The van der Waals surface area contributed by atoms with Crippen LogP contribution in [0.5, 0.6) is 0 Å². The van der Waals surface area contributed by atoms with Crippen molar-refractivity contribution in [1.82, 2.24) is 15.5 Å². The van der Waals surface area contributed by atoms with E-state index in [1.54, 1.807) is 0 Å². The van der Waals surface area contributed by atoms with Gasteiger partial charge in [-0.15, -0.1) is 0 Å². The lowest BCUT2D eigenvalue weighted by Crippen LogP contribution is -2.46. The van der Waals surface area contributed by atoms with Gasteiger partial charge in [0.25, 0.3) is 0 Å². The number of hydrogen-bond donors (Lipinski definition) is 2. The third kappa shape index (κ3) is 4.86. The van der Waals surface area contributed by atoms with Crippen LogP contribution in [0.15, 0.2) is 30.3 Å². The number of nitrogens with one attached hydrogen (secondary N) is 2. The summed E-state index contributed by atoms with van der Waals surface area (Å²) < 4.78 is 0. The molecule has 0 aromatic heterocycles. The minimum atomic E-state index is -0.0260. The summed E-state index contributed by atoms with van der Waals surface area (Å²) in [7, 11) is 0. The second-order valence-electron chi connectivity index (χ2n) is 6.57. The van der Waals surface area contributed by atoms with E-state index >= 15 is 0 Å². The quantitative estimate of drug-likeness (QED) is 0.874. The first-order valence-electron chi connectivity index (χ1n) is 8.88. The number of para-hydroxylation sites is 1. The molecular formula is C18H28N4O. The maximum atomic E-state index is 12.0. The maximum absolute atomic E-state index is 12.0. The summed E-state index contributed by atoms with van der Waals surface area (Å²) in [5.41, 5.74) is 1.24. The molecule has 0 bridgehead atoms. The predicted octanol–water partition coefficient (Wildman–Crippen LogP) is 2.05. The number of anilines is 1. The minimum Gasteiger partial charge on any atom is -0.369 e. The molecule has 5 heteroatoms. The van der Waals surface area contributed by atoms with Gasteiger partial charge in [0.05, 0.1) is 0 Å². The number of urea groups is 1. The number of amides is 2. The number of carbonyl (C=O) groups is 1. The van der Waals surface area contributed by atoms with Gasteiger partial charge in [-0.3, -0.25) is 0 Å². The van der Waals surface area contributed by atoms with Crippen LogP contribution in [0, 0.1) is 0 Å². The monoisotopic (exact) mass is 316 g/mol. The van der Waals surface area contributed by atoms with Crippen molar-refractivity contribution in [2.24, 2.45) is 0 Å². The number of hydrogen-bond acceptors (Lipinski definition) is 3. The Labute approximate surface area is 139 Å². The number of benzene rings is 1. The van der Waals surface area contributed by atoms with Crippen molar-refractivity contribution >= 4 is 11.7 Å². The van der Waals surface area contributed by atoms with Crippen LogP contribution in [0.25, 0.3) is 0 Å². The lowest BCUT2D eigenvalue weighted by atomic mass is 10.1. The minimum absolute atomic E-state index is 0.0260. The number of likely N-dealkylation sites (tertiary alicyclic amines) is 1. The Hall–Kier alpha value is -1.75. The molecule has 1 aromatic carbocycles. The van der Waals surface area contributed by atoms with Gasteiger partial charge in [-0.1, -0.05) is 24.6 Å². The van der Waals surface area contributed by atoms with Crippen molar-refractivity contribution in [3.05, 3.63) is 30.3 Å². The lowest BCUT2D eigenvalue weighted by Gasteiger charge is -2.26. The van der Waals surface area contributed by atoms with Crippen LogP contribution in [0.3, 0.4) is 0 Å². The molecule has 0 aliphatic carbocycles. The first kappa shape index (κ1) is 16.1. The molecule has 1 unspecified atom stereocenters. The van der Waals surface area contributed by atoms with Gasteiger partial charge < -0.3 is 20.4 Å². The van der Waals surface area contributed by atoms with Gasteiger partial charge in [0.15, 0.2) is 0 Å². The third-order valence-electron chi connectivity index (χ3n) is 4.81. The van der Waals surface area contributed by atoms with Crippen molar-refractivity contribution in [3.8, 4) is 0 Å². The molecule has 1 atom stereocenters. The number of rotatable bonds is 5. The van der Waals surface area contributed by atoms with E-state index in [0.29, 0.717) is 0 Å². The average molecular weight is 316 g/mol. The van der Waals surface area contributed by atoms with Crippen molar-refractivity contribution in [1.29, 1.82) is 0 Å². The second-order valence-corrected chi connectivity index (χ2v) is 6.57. The normalized spacial score (nSPS) is 22.1. The predicted molar refractivity (Wildman–Crippen MR) is 93.9 cm³/mol. The fourth-order valence-electron chi connectivity index (χ4n) is 3.50. The van der Waals surface area contributed by atoms with Crippen LogP contribution in [-0.2, 0) is 0 Å². The number of carbonyl (C=O) groups excluding carboxylic acids is 1. The highest BCUT2D eigenvalue weighted by Crippen LogP contribution is 2.19. The fourth-order valence-corrected chi connectivity index (χ4v) is 3.50. The highest BCUT2D eigenvalue weighted by atomic mass is 16.2. The van der Waals surface area contributed by atoms with Gasteiger partial charge in [0.2, 0.25) is 0 Å². The van der Waals surface area contributed by atoms with Crippen LogP contribution in [0.4, 0.5) is 10.5 Å². The molecule has 2 amide bonds. The topological polar surface area (TPSA) is 47.6 Å². The summed E-state index contributed by atoms with van der Waals surface area (Å²) >= 11 is 0. The Kier molecular flexibility index (Phi) is 5.75. The summed E-state index contributed by atoms with van der Waals surface area (Å²) in [5.74, 6) is 0. The Morgan fingerprint density at radius 2 is 1.87 bits per heavy atom. The van der Waals surface area contributed by atoms with Gasteiger partial charge in [-0.05, 0) is 44.5 Å². The molecule has 3 rings (SSSR count). The molecular weight excluding hydrogens is 288 g/mol. The van der Waals surface area contributed by atoms with Crippen molar-refractivity contribution in [2.75, 3.05) is 44.2 Å². The molecule has 0 saturated carbocycles. The van der Waals surface area contributed by atoms with E-state index in [1.807, 2.05) is 6.07 Å². The van der Waals surface area contributed by atoms with E-state index in [4.69, 9.17) is 0 Å². The van der Waals surface area contributed by atoms with Crippen molar-refractivity contribution in [2.45, 2.75) is 31.7 Å². The van der Waals surface area contributed by atoms with E-state index in [0.717, 1.165) is 32.6 Å². The van der Waals surface area contributed by atoms with Crippen LogP contribution in [0.1, 0.15) is 25.7 Å². The molecule has 2 aliphatic rings. The molecule has 0 radical (unpaired) electrons. The molecule has 2 fully saturated rings. The highest BCUT2D eigenvalue weighted by Gasteiger charge is 2.23. The van der Waals surface area contributed by atoms with Gasteiger partial charge in [0.1, 0.15) is 0 Å². The molecule has 1 aromatic rings. The van der Waals surface area contributed by atoms with E-state index in [1.165, 1.54) is 38.0 Å². The second kappa shape index (κ2) is 8.20. The fraction of sp³-hybridized carbons (Fsp3) is 0.611. The van der Waals surface area contributed by atoms with Gasteiger partial charge in [0, 0.05) is 37.9 Å². The number of piperidine rings is 1. The zero-order valence-electron chi connectivity index (χ0n) is 13.8. The zero-order chi connectivity index (χ0) is 15.9. The Bertz CT molecular complexity index is 487. The average Bonchev–Trinajstić information content (AvgIpc) is 3.05. The summed E-state index contributed by atoms with van der Waals surface area (Å²) in [6.45, 7) is 5.96. The van der Waals surface area contributed by atoms with E-state index in [9.17, 15) is 4.79 Å². The number of nitrogens with zero attached hydrogens (tertiary/aromatic N) is 2. The molecule has 0 spiro atoms. The third-order valence-corrected chi connectivity index (χ3v) is 4.81. The SMILES string of the molecule is O=C(NCCN1CCCCC1)NC1CCN(c2ccccc2)C1. The summed E-state index contributed by atoms with van der Waals surface area (Å²) in [5, 5.41) is 6.11.